The molecule has 0 amide bonds. The molecule has 7 nitrogen and oxygen atoms in total. The quantitative estimate of drug-likeness (QED) is 0.718. The van der Waals surface area contributed by atoms with E-state index in [0.717, 1.165) is 4.31 Å². The predicted octanol–water partition coefficient (Wildman–Crippen LogP) is 0.965. The van der Waals surface area contributed by atoms with E-state index in [2.05, 4.69) is 6.58 Å². The fraction of sp³-hybridized carbons (Fsp3) is 0.308. The van der Waals surface area contributed by atoms with E-state index in [1.165, 1.54) is 38.5 Å². The number of aliphatic carboxylic acids is 1. The molecule has 1 N–H and O–H groups in total. The van der Waals surface area contributed by atoms with Gasteiger partial charge in [0.25, 0.3) is 0 Å². The molecule has 1 rings (SSSR count). The smallest absolute Gasteiger partial charge is 0.318 e. The monoisotopic (exact) mass is 315 g/mol. The highest BCUT2D eigenvalue weighted by atomic mass is 32.2. The highest BCUT2D eigenvalue weighted by Crippen LogP contribution is 2.30. The second-order valence-electron chi connectivity index (χ2n) is 4.00. The molecule has 0 spiro atoms. The first-order chi connectivity index (χ1) is 9.86. The number of nitrogens with zero attached hydrogens (tertiary/aromatic N) is 1. The van der Waals surface area contributed by atoms with Crippen LogP contribution in [0.2, 0.25) is 0 Å². The average Bonchev–Trinajstić information content (AvgIpc) is 2.45. The zero-order chi connectivity index (χ0) is 16.0. The van der Waals surface area contributed by atoms with Crippen LogP contribution in [0, 0.1) is 0 Å². The Kier molecular flexibility index (Phi) is 5.74. The van der Waals surface area contributed by atoms with Gasteiger partial charge in [-0.2, -0.15) is 4.31 Å². The largest absolute Gasteiger partial charge is 0.493 e. The van der Waals surface area contributed by atoms with E-state index >= 15 is 0 Å². The van der Waals surface area contributed by atoms with Crippen molar-refractivity contribution >= 4 is 16.0 Å². The van der Waals surface area contributed by atoms with Crippen molar-refractivity contribution < 1.29 is 27.8 Å². The number of carboxylic acids is 1. The van der Waals surface area contributed by atoms with Gasteiger partial charge in [0.2, 0.25) is 10.0 Å². The topological polar surface area (TPSA) is 93.1 Å². The van der Waals surface area contributed by atoms with Gasteiger partial charge in [-0.15, -0.1) is 6.58 Å². The lowest BCUT2D eigenvalue weighted by Crippen LogP contribution is -2.35. The Hall–Kier alpha value is -2.06. The lowest BCUT2D eigenvalue weighted by molar-refractivity contribution is -0.137. The summed E-state index contributed by atoms with van der Waals surface area (Å²) in [5.41, 5.74) is 0. The molecule has 116 valence electrons. The van der Waals surface area contributed by atoms with Crippen LogP contribution in [0.3, 0.4) is 0 Å². The van der Waals surface area contributed by atoms with Gasteiger partial charge in [0.15, 0.2) is 11.5 Å². The van der Waals surface area contributed by atoms with Crippen LogP contribution in [0.1, 0.15) is 0 Å². The number of hydrogen-bond donors (Lipinski definition) is 1. The Bertz CT molecular complexity index is 626. The van der Waals surface area contributed by atoms with Crippen molar-refractivity contribution in [1.82, 2.24) is 4.31 Å². The zero-order valence-electron chi connectivity index (χ0n) is 11.8. The van der Waals surface area contributed by atoms with Gasteiger partial charge in [0.05, 0.1) is 19.1 Å². The maximum Gasteiger partial charge on any atom is 0.318 e. The van der Waals surface area contributed by atoms with Crippen LogP contribution in [-0.2, 0) is 14.8 Å². The van der Waals surface area contributed by atoms with Crippen molar-refractivity contribution in [3.63, 3.8) is 0 Å². The van der Waals surface area contributed by atoms with Gasteiger partial charge < -0.3 is 14.6 Å². The molecule has 0 aliphatic rings. The van der Waals surface area contributed by atoms with Crippen molar-refractivity contribution in [3.05, 3.63) is 30.9 Å². The molecule has 0 heterocycles. The fourth-order valence-corrected chi connectivity index (χ4v) is 3.04. The molecule has 0 aliphatic heterocycles. The minimum atomic E-state index is -3.97. The van der Waals surface area contributed by atoms with E-state index in [0.29, 0.717) is 5.75 Å². The fourth-order valence-electron chi connectivity index (χ4n) is 1.67. The molecule has 0 radical (unpaired) electrons. The summed E-state index contributed by atoms with van der Waals surface area (Å²) in [6, 6.07) is 4.05. The van der Waals surface area contributed by atoms with Crippen LogP contribution in [0.25, 0.3) is 0 Å². The van der Waals surface area contributed by atoms with Crippen molar-refractivity contribution in [2.75, 3.05) is 27.3 Å². The number of rotatable bonds is 8. The van der Waals surface area contributed by atoms with E-state index < -0.39 is 22.5 Å². The van der Waals surface area contributed by atoms with Crippen LogP contribution in [-0.4, -0.2) is 51.1 Å². The molecule has 0 unspecified atom stereocenters. The summed E-state index contributed by atoms with van der Waals surface area (Å²) in [4.78, 5) is 10.7. The maximum absolute atomic E-state index is 12.4. The minimum absolute atomic E-state index is 0.0803. The Morgan fingerprint density at radius 1 is 1.33 bits per heavy atom. The zero-order valence-corrected chi connectivity index (χ0v) is 12.6. The third-order valence-corrected chi connectivity index (χ3v) is 4.44. The standard InChI is InChI=1S/C13H17NO6S/c1-4-7-14(9-13(15)16)21(17,18)10-5-6-11(19-2)12(8-10)20-3/h4-6,8H,1,7,9H2,2-3H3,(H,15,16). The van der Waals surface area contributed by atoms with E-state index in [-0.39, 0.29) is 17.2 Å². The summed E-state index contributed by atoms with van der Waals surface area (Å²) in [6.07, 6.45) is 1.32. The Morgan fingerprint density at radius 3 is 2.43 bits per heavy atom. The van der Waals surface area contributed by atoms with Gasteiger partial charge >= 0.3 is 5.97 Å². The second-order valence-corrected chi connectivity index (χ2v) is 5.93. The molecule has 0 saturated heterocycles. The molecular formula is C13H17NO6S. The third-order valence-electron chi connectivity index (χ3n) is 2.64. The molecule has 0 atom stereocenters. The molecule has 21 heavy (non-hydrogen) atoms. The summed E-state index contributed by atoms with van der Waals surface area (Å²) in [5, 5.41) is 8.82. The number of methoxy groups -OCH3 is 2. The number of hydrogen-bond acceptors (Lipinski definition) is 5. The lowest BCUT2D eigenvalue weighted by atomic mass is 10.3. The van der Waals surface area contributed by atoms with Crippen LogP contribution in [0.15, 0.2) is 35.7 Å². The van der Waals surface area contributed by atoms with E-state index in [4.69, 9.17) is 14.6 Å². The third kappa shape index (κ3) is 3.96. The van der Waals surface area contributed by atoms with Crippen molar-refractivity contribution in [2.45, 2.75) is 4.90 Å². The highest BCUT2D eigenvalue weighted by Gasteiger charge is 2.26. The predicted molar refractivity (Wildman–Crippen MR) is 76.1 cm³/mol. The summed E-state index contributed by atoms with van der Waals surface area (Å²) < 4.78 is 35.8. The van der Waals surface area contributed by atoms with Crippen LogP contribution >= 0.6 is 0 Å². The second kappa shape index (κ2) is 7.09. The Balaban J connectivity index is 3.27. The Morgan fingerprint density at radius 2 is 1.95 bits per heavy atom. The average molecular weight is 315 g/mol. The maximum atomic E-state index is 12.4. The number of benzene rings is 1. The summed E-state index contributed by atoms with van der Waals surface area (Å²) >= 11 is 0. The highest BCUT2D eigenvalue weighted by molar-refractivity contribution is 7.89. The van der Waals surface area contributed by atoms with Crippen LogP contribution < -0.4 is 9.47 Å². The number of carboxylic acid groups (broad SMARTS) is 1. The van der Waals surface area contributed by atoms with Gasteiger partial charge in [0, 0.05) is 12.6 Å². The van der Waals surface area contributed by atoms with Crippen LogP contribution in [0.5, 0.6) is 11.5 Å². The van der Waals surface area contributed by atoms with Crippen LogP contribution in [0.4, 0.5) is 0 Å². The molecule has 0 fully saturated rings. The molecule has 0 saturated carbocycles. The molecule has 0 aromatic heterocycles. The number of sulfonamides is 1. The van der Waals surface area contributed by atoms with Crippen molar-refractivity contribution in [1.29, 1.82) is 0 Å². The number of carbonyl (C=O) groups is 1. The molecular weight excluding hydrogens is 298 g/mol. The van der Waals surface area contributed by atoms with Gasteiger partial charge in [-0.05, 0) is 12.1 Å². The summed E-state index contributed by atoms with van der Waals surface area (Å²) in [7, 11) is -1.16. The molecule has 0 aliphatic carbocycles. The van der Waals surface area contributed by atoms with E-state index in [9.17, 15) is 13.2 Å². The number of ether oxygens (including phenoxy) is 2. The Labute approximate surface area is 123 Å². The molecule has 1 aromatic carbocycles. The minimum Gasteiger partial charge on any atom is -0.493 e. The van der Waals surface area contributed by atoms with E-state index in [1.54, 1.807) is 0 Å². The van der Waals surface area contributed by atoms with E-state index in [1.807, 2.05) is 0 Å². The first-order valence-electron chi connectivity index (χ1n) is 5.91. The normalized spacial score (nSPS) is 11.2. The molecule has 8 heteroatoms. The SMILES string of the molecule is C=CCN(CC(=O)O)S(=O)(=O)c1ccc(OC)c(OC)c1. The molecule has 1 aromatic rings. The first-order valence-corrected chi connectivity index (χ1v) is 7.35. The summed E-state index contributed by atoms with van der Waals surface area (Å²) in [6.45, 7) is 2.67. The lowest BCUT2D eigenvalue weighted by Gasteiger charge is -2.19. The molecule has 0 bridgehead atoms. The van der Waals surface area contributed by atoms with Gasteiger partial charge in [-0.25, -0.2) is 8.42 Å². The van der Waals surface area contributed by atoms with Crippen molar-refractivity contribution in [2.24, 2.45) is 0 Å². The van der Waals surface area contributed by atoms with Gasteiger partial charge in [-0.1, -0.05) is 6.08 Å². The summed E-state index contributed by atoms with van der Waals surface area (Å²) in [5.74, 6) is -0.627. The van der Waals surface area contributed by atoms with Crippen molar-refractivity contribution in [3.8, 4) is 11.5 Å². The van der Waals surface area contributed by atoms with Gasteiger partial charge in [-0.3, -0.25) is 4.79 Å². The van der Waals surface area contributed by atoms with Gasteiger partial charge in [0.1, 0.15) is 6.54 Å². The first kappa shape index (κ1) is 17.0.